The molecular weight excluding hydrogens is 624 g/mol. The average Bonchev–Trinajstić information content (AvgIpc) is 3.57. The molecule has 1 saturated heterocycles. The van der Waals surface area contributed by atoms with Crippen LogP contribution in [0.3, 0.4) is 0 Å². The molecule has 2 unspecified atom stereocenters. The highest BCUT2D eigenvalue weighted by Crippen LogP contribution is 2.42. The maximum atomic E-state index is 14.2. The first kappa shape index (κ1) is 29.2. The Bertz CT molecular complexity index is 1450. The van der Waals surface area contributed by atoms with E-state index in [0.717, 1.165) is 58.7 Å². The normalized spacial score (nSPS) is 20.0. The van der Waals surface area contributed by atoms with Crippen LogP contribution in [0.5, 0.6) is 5.75 Å². The second-order valence-electron chi connectivity index (χ2n) is 10.5. The van der Waals surface area contributed by atoms with Gasteiger partial charge in [-0.2, -0.15) is 0 Å². The van der Waals surface area contributed by atoms with Crippen LogP contribution < -0.4 is 10.1 Å². The Labute approximate surface area is 263 Å². The molecule has 2 fully saturated rings. The van der Waals surface area contributed by atoms with Crippen LogP contribution in [0.15, 0.2) is 48.2 Å². The second-order valence-corrected chi connectivity index (χ2v) is 13.3. The van der Waals surface area contributed by atoms with Crippen LogP contribution in [-0.2, 0) is 22.7 Å². The zero-order valence-electron chi connectivity index (χ0n) is 22.2. The Morgan fingerprint density at radius 1 is 1.00 bits per heavy atom. The molecule has 2 bridgehead atoms. The second kappa shape index (κ2) is 12.8. The molecule has 1 aliphatic carbocycles. The summed E-state index contributed by atoms with van der Waals surface area (Å²) in [5, 5.41) is 6.47. The summed E-state index contributed by atoms with van der Waals surface area (Å²) in [6, 6.07) is 11.5. The van der Waals surface area contributed by atoms with Gasteiger partial charge in [0.05, 0.1) is 38.2 Å². The van der Waals surface area contributed by atoms with Gasteiger partial charge in [0.15, 0.2) is 5.75 Å². The minimum atomic E-state index is 0.0444. The summed E-state index contributed by atoms with van der Waals surface area (Å²) >= 11 is 26.7. The molecule has 3 heterocycles. The Morgan fingerprint density at radius 3 is 2.54 bits per heavy atom. The maximum absolute atomic E-state index is 14.2. The highest BCUT2D eigenvalue weighted by Gasteiger charge is 2.42. The van der Waals surface area contributed by atoms with Gasteiger partial charge >= 0.3 is 0 Å². The summed E-state index contributed by atoms with van der Waals surface area (Å²) in [7, 11) is 0. The molecule has 3 aromatic rings. The molecule has 6 rings (SSSR count). The van der Waals surface area contributed by atoms with Crippen LogP contribution in [0.2, 0.25) is 20.1 Å². The fraction of sp³-hybridized carbons (Fsp3) is 0.400. The third-order valence-electron chi connectivity index (χ3n) is 7.69. The van der Waals surface area contributed by atoms with Gasteiger partial charge in [0, 0.05) is 36.4 Å². The van der Waals surface area contributed by atoms with Crippen LogP contribution in [0.1, 0.15) is 47.6 Å². The molecule has 216 valence electrons. The zero-order valence-corrected chi connectivity index (χ0v) is 26.0. The van der Waals surface area contributed by atoms with Gasteiger partial charge in [-0.3, -0.25) is 4.79 Å². The summed E-state index contributed by atoms with van der Waals surface area (Å²) in [5.74, 6) is 0.538. The number of hydrogen-bond donors (Lipinski definition) is 1. The van der Waals surface area contributed by atoms with Crippen molar-refractivity contribution in [1.29, 1.82) is 0 Å². The molecule has 0 radical (unpaired) electrons. The highest BCUT2D eigenvalue weighted by molar-refractivity contribution is 7.12. The van der Waals surface area contributed by atoms with E-state index < -0.39 is 0 Å². The topological polar surface area (TPSA) is 63.7 Å². The molecule has 0 spiro atoms. The van der Waals surface area contributed by atoms with Crippen molar-refractivity contribution < 1.29 is 14.3 Å². The average molecular weight is 653 g/mol. The van der Waals surface area contributed by atoms with Gasteiger partial charge in [0.2, 0.25) is 0 Å². The predicted molar refractivity (Wildman–Crippen MR) is 165 cm³/mol. The van der Waals surface area contributed by atoms with E-state index in [2.05, 4.69) is 10.3 Å². The molecule has 3 aliphatic rings. The number of thiazole rings is 1. The van der Waals surface area contributed by atoms with Gasteiger partial charge in [0.1, 0.15) is 11.6 Å². The quantitative estimate of drug-likeness (QED) is 0.214. The van der Waals surface area contributed by atoms with Gasteiger partial charge in [-0.1, -0.05) is 64.6 Å². The van der Waals surface area contributed by atoms with Gasteiger partial charge in [0.25, 0.3) is 5.91 Å². The van der Waals surface area contributed by atoms with Crippen LogP contribution in [0, 0.1) is 0 Å². The van der Waals surface area contributed by atoms with Crippen LogP contribution >= 0.6 is 57.7 Å². The molecule has 1 N–H and O–H groups in total. The van der Waals surface area contributed by atoms with Gasteiger partial charge < -0.3 is 19.7 Å². The minimum Gasteiger partial charge on any atom is -0.488 e. The fourth-order valence-electron chi connectivity index (χ4n) is 5.55. The number of hydrogen-bond acceptors (Lipinski definition) is 6. The van der Waals surface area contributed by atoms with Crippen LogP contribution in [-0.4, -0.2) is 47.1 Å². The zero-order chi connectivity index (χ0) is 28.5. The minimum absolute atomic E-state index is 0.0444. The Balaban J connectivity index is 1.16. The van der Waals surface area contributed by atoms with E-state index in [4.69, 9.17) is 55.9 Å². The Morgan fingerprint density at radius 2 is 1.76 bits per heavy atom. The molecule has 1 saturated carbocycles. The summed E-state index contributed by atoms with van der Waals surface area (Å²) in [5.41, 5.74) is 2.84. The molecule has 6 nitrogen and oxygen atoms in total. The summed E-state index contributed by atoms with van der Waals surface area (Å²) in [6.45, 7) is 1.47. The number of carbonyl (C=O) groups is 1. The van der Waals surface area contributed by atoms with Crippen molar-refractivity contribution in [2.75, 3.05) is 13.2 Å². The lowest BCUT2D eigenvalue weighted by atomic mass is 9.93. The third kappa shape index (κ3) is 6.57. The van der Waals surface area contributed by atoms with Crippen molar-refractivity contribution in [3.63, 3.8) is 0 Å². The monoisotopic (exact) mass is 651 g/mol. The summed E-state index contributed by atoms with van der Waals surface area (Å²) in [4.78, 5) is 21.9. The molecule has 2 aromatic carbocycles. The number of para-hydroxylation sites is 1. The number of nitrogens with one attached hydrogen (secondary N) is 1. The smallest absolute Gasteiger partial charge is 0.252 e. The van der Waals surface area contributed by atoms with E-state index in [9.17, 15) is 4.79 Å². The first-order chi connectivity index (χ1) is 19.9. The highest BCUT2D eigenvalue weighted by atomic mass is 35.5. The van der Waals surface area contributed by atoms with E-state index in [1.807, 2.05) is 23.2 Å². The molecule has 1 aromatic heterocycles. The number of halogens is 4. The largest absolute Gasteiger partial charge is 0.488 e. The van der Waals surface area contributed by atoms with Crippen molar-refractivity contribution in [2.24, 2.45) is 0 Å². The van der Waals surface area contributed by atoms with E-state index in [1.165, 1.54) is 0 Å². The number of rotatable bonds is 11. The number of nitrogens with zero attached hydrogens (tertiary/aromatic N) is 2. The standard InChI is InChI=1S/C30H29Cl4N3O3S/c31-21-4-1-3-17(28(21)34)15-37(19-8-9-19)30(38)27-20(13-18-7-10-24(27)36-18)25-14-35-26(41-25)16-39-11-12-40-29-22(32)5-2-6-23(29)33/h1-6,14,18-19,24,36H,7-13,15-16H2. The Hall–Kier alpha value is -1.84. The maximum Gasteiger partial charge on any atom is 0.252 e. The van der Waals surface area contributed by atoms with E-state index >= 15 is 0 Å². The first-order valence-corrected chi connectivity index (χ1v) is 16.0. The lowest BCUT2D eigenvalue weighted by molar-refractivity contribution is -0.128. The molecule has 1 amide bonds. The van der Waals surface area contributed by atoms with Gasteiger partial charge in [-0.15, -0.1) is 11.3 Å². The number of carbonyl (C=O) groups excluding carboxylic acids is 1. The summed E-state index contributed by atoms with van der Waals surface area (Å²) < 4.78 is 11.5. The van der Waals surface area contributed by atoms with E-state index in [-0.39, 0.29) is 18.0 Å². The molecule has 41 heavy (non-hydrogen) atoms. The number of benzene rings is 2. The Kier molecular flexibility index (Phi) is 9.13. The lowest BCUT2D eigenvalue weighted by Gasteiger charge is -2.31. The third-order valence-corrected chi connectivity index (χ3v) is 10.2. The van der Waals surface area contributed by atoms with Crippen molar-refractivity contribution in [2.45, 2.75) is 63.4 Å². The van der Waals surface area contributed by atoms with Crippen LogP contribution in [0.4, 0.5) is 0 Å². The first-order valence-electron chi connectivity index (χ1n) is 13.7. The molecule has 11 heteroatoms. The lowest BCUT2D eigenvalue weighted by Crippen LogP contribution is -2.44. The van der Waals surface area contributed by atoms with Crippen molar-refractivity contribution in [3.8, 4) is 5.75 Å². The number of ether oxygens (including phenoxy) is 2. The predicted octanol–water partition coefficient (Wildman–Crippen LogP) is 7.82. The van der Waals surface area contributed by atoms with Crippen molar-refractivity contribution in [1.82, 2.24) is 15.2 Å². The molecular formula is C30H29Cl4N3O3S. The van der Waals surface area contributed by atoms with Gasteiger partial charge in [-0.05, 0) is 61.4 Å². The van der Waals surface area contributed by atoms with Gasteiger partial charge in [-0.25, -0.2) is 4.98 Å². The fourth-order valence-corrected chi connectivity index (χ4v) is 7.36. The molecule has 2 atom stereocenters. The molecule has 2 aliphatic heterocycles. The number of fused-ring (bicyclic) bond motifs is 2. The SMILES string of the molecule is O=C(C1=C(c2cnc(COCCOc3c(Cl)cccc3Cl)s2)CC2CCC1N2)N(Cc1cccc(Cl)c1Cl)C1CC1. The number of amides is 1. The van der Waals surface area contributed by atoms with Crippen molar-refractivity contribution in [3.05, 3.63) is 83.7 Å². The van der Waals surface area contributed by atoms with Crippen LogP contribution in [0.25, 0.3) is 5.57 Å². The van der Waals surface area contributed by atoms with E-state index in [0.29, 0.717) is 58.2 Å². The summed E-state index contributed by atoms with van der Waals surface area (Å²) in [6.07, 6.45) is 6.70. The number of aromatic nitrogens is 1. The van der Waals surface area contributed by atoms with E-state index in [1.54, 1.807) is 35.6 Å². The van der Waals surface area contributed by atoms with Crippen molar-refractivity contribution >= 4 is 69.2 Å².